The number of ether oxygens (including phenoxy) is 2. The standard InChI is InChI=1S/C30H41ClN6O5S/c1-33-11-2-3-12-34-30(38)35-13-16-41-17-15-37-14-10-24(21-37)36-43(39,40)26-6-4-25(5-7-26)42-29-9-8-27-22(20-32)18-23(31)19-28(27)29/h4-7,18-19,24,29,33,36H,2-3,8-17,21H2,1H3,(H2,34,35,38)/t24-,29-/m1/s1. The van der Waals surface area contributed by atoms with Gasteiger partial charge < -0.3 is 25.4 Å². The Balaban J connectivity index is 1.14. The van der Waals surface area contributed by atoms with E-state index in [1.807, 2.05) is 13.1 Å². The van der Waals surface area contributed by atoms with Crippen LogP contribution in [0.15, 0.2) is 41.3 Å². The summed E-state index contributed by atoms with van der Waals surface area (Å²) in [6.45, 7) is 5.00. The van der Waals surface area contributed by atoms with Crippen LogP contribution in [0.1, 0.15) is 48.5 Å². The first-order chi connectivity index (χ1) is 20.8. The molecule has 0 saturated carbocycles. The van der Waals surface area contributed by atoms with Crippen LogP contribution in [0.4, 0.5) is 4.79 Å². The average molecular weight is 633 g/mol. The maximum atomic E-state index is 13.0. The Hall–Kier alpha value is -2.92. The van der Waals surface area contributed by atoms with E-state index in [0.717, 1.165) is 49.9 Å². The molecule has 13 heteroatoms. The summed E-state index contributed by atoms with van der Waals surface area (Å²) in [6, 6.07) is 11.7. The minimum atomic E-state index is -3.69. The molecule has 1 saturated heterocycles. The van der Waals surface area contributed by atoms with Crippen molar-refractivity contribution in [3.8, 4) is 11.8 Å². The molecule has 1 heterocycles. The Morgan fingerprint density at radius 3 is 2.63 bits per heavy atom. The van der Waals surface area contributed by atoms with Crippen LogP contribution in [0.3, 0.4) is 0 Å². The molecule has 0 radical (unpaired) electrons. The van der Waals surface area contributed by atoms with Crippen LogP contribution in [0, 0.1) is 11.3 Å². The summed E-state index contributed by atoms with van der Waals surface area (Å²) >= 11 is 6.20. The molecule has 1 aliphatic heterocycles. The molecule has 0 unspecified atom stereocenters. The number of fused-ring (bicyclic) bond motifs is 1. The lowest BCUT2D eigenvalue weighted by atomic mass is 10.0. The number of carbonyl (C=O) groups is 1. The molecular formula is C30H41ClN6O5S. The molecule has 4 rings (SSSR count). The van der Waals surface area contributed by atoms with Crippen molar-refractivity contribution in [3.05, 3.63) is 58.1 Å². The summed E-state index contributed by atoms with van der Waals surface area (Å²) in [5, 5.41) is 18.6. The Labute approximate surface area is 259 Å². The van der Waals surface area contributed by atoms with Gasteiger partial charge in [-0.25, -0.2) is 17.9 Å². The van der Waals surface area contributed by atoms with Gasteiger partial charge in [-0.2, -0.15) is 5.26 Å². The van der Waals surface area contributed by atoms with Gasteiger partial charge in [-0.1, -0.05) is 11.6 Å². The van der Waals surface area contributed by atoms with E-state index < -0.39 is 10.0 Å². The molecular weight excluding hydrogens is 592 g/mol. The zero-order valence-corrected chi connectivity index (χ0v) is 26.1. The highest BCUT2D eigenvalue weighted by Gasteiger charge is 2.29. The molecule has 0 bridgehead atoms. The van der Waals surface area contributed by atoms with Gasteiger partial charge in [0.25, 0.3) is 0 Å². The third kappa shape index (κ3) is 9.79. The molecule has 43 heavy (non-hydrogen) atoms. The van der Waals surface area contributed by atoms with Crippen LogP contribution in [-0.2, 0) is 21.2 Å². The number of likely N-dealkylation sites (tertiary alicyclic amines) is 1. The maximum Gasteiger partial charge on any atom is 0.314 e. The number of nitriles is 1. The number of hydrogen-bond donors (Lipinski definition) is 4. The summed E-state index contributed by atoms with van der Waals surface area (Å²) in [5.74, 6) is 0.554. The summed E-state index contributed by atoms with van der Waals surface area (Å²) in [7, 11) is -1.79. The van der Waals surface area contributed by atoms with Gasteiger partial charge in [-0.3, -0.25) is 4.90 Å². The summed E-state index contributed by atoms with van der Waals surface area (Å²) in [6.07, 6.45) is 3.87. The van der Waals surface area contributed by atoms with Crippen LogP contribution >= 0.6 is 11.6 Å². The second-order valence-corrected chi connectivity index (χ2v) is 12.9. The monoisotopic (exact) mass is 632 g/mol. The number of nitrogens with one attached hydrogen (secondary N) is 4. The van der Waals surface area contributed by atoms with Crippen molar-refractivity contribution in [2.24, 2.45) is 0 Å². The third-order valence-corrected chi connectivity index (χ3v) is 9.36. The fourth-order valence-electron chi connectivity index (χ4n) is 5.38. The van der Waals surface area contributed by atoms with Crippen molar-refractivity contribution in [1.82, 2.24) is 25.6 Å². The maximum absolute atomic E-state index is 13.0. The van der Waals surface area contributed by atoms with Gasteiger partial charge in [0.2, 0.25) is 10.0 Å². The van der Waals surface area contributed by atoms with E-state index in [-0.39, 0.29) is 23.1 Å². The lowest BCUT2D eigenvalue weighted by Crippen LogP contribution is -2.38. The molecule has 2 amide bonds. The Morgan fingerprint density at radius 2 is 1.86 bits per heavy atom. The fraction of sp³-hybridized carbons (Fsp3) is 0.533. The number of halogens is 1. The number of nitrogens with zero attached hydrogens (tertiary/aromatic N) is 2. The molecule has 11 nitrogen and oxygen atoms in total. The SMILES string of the molecule is CNCCCCNC(=O)NCCOCCN1CC[C@@H](NS(=O)(=O)c2ccc(O[C@@H]3CCc4c(C#N)cc(Cl)cc43)cc2)C1. The molecule has 234 valence electrons. The van der Waals surface area contributed by atoms with Gasteiger partial charge in [0, 0.05) is 37.2 Å². The third-order valence-electron chi connectivity index (χ3n) is 7.60. The smallest absolute Gasteiger partial charge is 0.314 e. The van der Waals surface area contributed by atoms with Crippen molar-refractivity contribution in [1.29, 1.82) is 5.26 Å². The van der Waals surface area contributed by atoms with Crippen LogP contribution < -0.4 is 25.4 Å². The number of amides is 2. The molecule has 2 aromatic carbocycles. The van der Waals surface area contributed by atoms with Gasteiger partial charge in [-0.05, 0) is 99.8 Å². The van der Waals surface area contributed by atoms with E-state index in [2.05, 4.69) is 31.6 Å². The normalized spacial score (nSPS) is 18.3. The molecule has 1 aliphatic carbocycles. The second kappa shape index (κ2) is 16.2. The lowest BCUT2D eigenvalue weighted by molar-refractivity contribution is 0.113. The van der Waals surface area contributed by atoms with Crippen LogP contribution in [0.2, 0.25) is 5.02 Å². The van der Waals surface area contributed by atoms with E-state index in [9.17, 15) is 18.5 Å². The predicted molar refractivity (Wildman–Crippen MR) is 165 cm³/mol. The number of unbranched alkanes of at least 4 members (excludes halogenated alkanes) is 1. The zero-order chi connectivity index (χ0) is 30.7. The van der Waals surface area contributed by atoms with Gasteiger partial charge >= 0.3 is 6.03 Å². The van der Waals surface area contributed by atoms with Crippen molar-refractivity contribution in [2.75, 3.05) is 59.5 Å². The van der Waals surface area contributed by atoms with E-state index in [1.54, 1.807) is 30.3 Å². The molecule has 2 atom stereocenters. The van der Waals surface area contributed by atoms with Crippen LogP contribution in [0.5, 0.6) is 5.75 Å². The second-order valence-electron chi connectivity index (χ2n) is 10.8. The molecule has 0 spiro atoms. The molecule has 4 N–H and O–H groups in total. The first kappa shape index (κ1) is 33.0. The average Bonchev–Trinajstić information content (AvgIpc) is 3.60. The van der Waals surface area contributed by atoms with Crippen LogP contribution in [0.25, 0.3) is 0 Å². The quantitative estimate of drug-likeness (QED) is 0.207. The van der Waals surface area contributed by atoms with E-state index in [4.69, 9.17) is 21.1 Å². The van der Waals surface area contributed by atoms with Gasteiger partial charge in [0.15, 0.2) is 0 Å². The lowest BCUT2D eigenvalue weighted by Gasteiger charge is -2.18. The van der Waals surface area contributed by atoms with Crippen molar-refractivity contribution in [3.63, 3.8) is 0 Å². The van der Waals surface area contributed by atoms with Gasteiger partial charge in [0.1, 0.15) is 11.9 Å². The van der Waals surface area contributed by atoms with Crippen molar-refractivity contribution < 1.29 is 22.7 Å². The molecule has 2 aliphatic rings. The highest BCUT2D eigenvalue weighted by Crippen LogP contribution is 2.38. The molecule has 0 aromatic heterocycles. The highest BCUT2D eigenvalue weighted by atomic mass is 35.5. The first-order valence-electron chi connectivity index (χ1n) is 14.8. The van der Waals surface area contributed by atoms with Crippen LogP contribution in [-0.4, -0.2) is 84.9 Å². The van der Waals surface area contributed by atoms with Gasteiger partial charge in [-0.15, -0.1) is 0 Å². The number of hydrogen-bond acceptors (Lipinski definition) is 8. The van der Waals surface area contributed by atoms with E-state index in [0.29, 0.717) is 62.1 Å². The van der Waals surface area contributed by atoms with Crippen molar-refractivity contribution >= 4 is 27.7 Å². The minimum Gasteiger partial charge on any atom is -0.486 e. The number of carbonyl (C=O) groups excluding carboxylic acids is 1. The predicted octanol–water partition coefficient (Wildman–Crippen LogP) is 2.95. The highest BCUT2D eigenvalue weighted by molar-refractivity contribution is 7.89. The Kier molecular flexibility index (Phi) is 12.5. The molecule has 1 fully saturated rings. The topological polar surface area (TPSA) is 145 Å². The van der Waals surface area contributed by atoms with E-state index >= 15 is 0 Å². The molecule has 2 aromatic rings. The number of sulfonamides is 1. The van der Waals surface area contributed by atoms with E-state index in [1.165, 1.54) is 0 Å². The van der Waals surface area contributed by atoms with Crippen molar-refractivity contribution in [2.45, 2.75) is 49.1 Å². The Morgan fingerprint density at radius 1 is 1.09 bits per heavy atom. The fourth-order valence-corrected chi connectivity index (χ4v) is 6.87. The largest absolute Gasteiger partial charge is 0.486 e. The zero-order valence-electron chi connectivity index (χ0n) is 24.5. The number of rotatable bonds is 16. The first-order valence-corrected chi connectivity index (χ1v) is 16.6. The summed E-state index contributed by atoms with van der Waals surface area (Å²) in [5.41, 5.74) is 2.43. The minimum absolute atomic E-state index is 0.178. The number of urea groups is 1. The number of benzene rings is 2. The summed E-state index contributed by atoms with van der Waals surface area (Å²) in [4.78, 5) is 14.1. The Bertz CT molecular complexity index is 1370. The summed E-state index contributed by atoms with van der Waals surface area (Å²) < 4.78 is 40.7. The van der Waals surface area contributed by atoms with Gasteiger partial charge in [0.05, 0.1) is 29.7 Å².